The zero-order valence-corrected chi connectivity index (χ0v) is 31.8. The molecule has 0 N–H and O–H groups in total. The van der Waals surface area contributed by atoms with Crippen molar-refractivity contribution in [3.05, 3.63) is 222 Å². The normalized spacial score (nSPS) is 18.3. The van der Waals surface area contributed by atoms with Crippen LogP contribution in [-0.2, 0) is 10.8 Å². The van der Waals surface area contributed by atoms with Gasteiger partial charge in [-0.15, -0.1) is 0 Å². The molecule has 2 aliphatic carbocycles. The molecule has 0 saturated heterocycles. The van der Waals surface area contributed by atoms with Crippen molar-refractivity contribution in [3.8, 4) is 73.4 Å². The van der Waals surface area contributed by atoms with E-state index in [1.165, 1.54) is 27.8 Å². The van der Waals surface area contributed by atoms with Crippen LogP contribution in [0, 0.1) is 0 Å². The van der Waals surface area contributed by atoms with Gasteiger partial charge in [0.1, 0.15) is 23.4 Å². The first-order valence-electron chi connectivity index (χ1n) is 19.9. The molecular formula is C54H36N2O2. The maximum absolute atomic E-state index is 7.01. The first kappa shape index (κ1) is 32.9. The second-order valence-electron chi connectivity index (χ2n) is 15.8. The molecule has 0 saturated carbocycles. The number of rotatable bonds is 4. The Labute approximate surface area is 337 Å². The molecule has 0 bridgehead atoms. The molecule has 3 heterocycles. The van der Waals surface area contributed by atoms with Crippen molar-refractivity contribution in [2.45, 2.75) is 23.9 Å². The van der Waals surface area contributed by atoms with Crippen LogP contribution >= 0.6 is 0 Å². The lowest BCUT2D eigenvalue weighted by Crippen LogP contribution is -2.32. The summed E-state index contributed by atoms with van der Waals surface area (Å²) in [5, 5.41) is 0. The van der Waals surface area contributed by atoms with Crippen molar-refractivity contribution in [1.82, 2.24) is 9.97 Å². The van der Waals surface area contributed by atoms with Crippen LogP contribution in [0.15, 0.2) is 194 Å². The Morgan fingerprint density at radius 3 is 1.88 bits per heavy atom. The van der Waals surface area contributed by atoms with Crippen molar-refractivity contribution in [2.24, 2.45) is 0 Å². The van der Waals surface area contributed by atoms with Crippen molar-refractivity contribution in [1.29, 1.82) is 0 Å². The number of hydrogen-bond donors (Lipinski definition) is 0. The van der Waals surface area contributed by atoms with Crippen LogP contribution in [0.4, 0.5) is 0 Å². The molecule has 4 heteroatoms. The molecule has 0 radical (unpaired) electrons. The molecule has 0 amide bonds. The van der Waals surface area contributed by atoms with Crippen molar-refractivity contribution in [2.75, 3.05) is 0 Å². The van der Waals surface area contributed by atoms with Crippen LogP contribution in [0.2, 0.25) is 0 Å². The van der Waals surface area contributed by atoms with E-state index in [0.29, 0.717) is 5.82 Å². The van der Waals surface area contributed by atoms with E-state index in [1.807, 2.05) is 18.2 Å². The third-order valence-corrected chi connectivity index (χ3v) is 12.6. The van der Waals surface area contributed by atoms with E-state index in [-0.39, 0.29) is 11.5 Å². The molecule has 1 spiro atoms. The predicted molar refractivity (Wildman–Crippen MR) is 231 cm³/mol. The number of para-hydroxylation sites is 2. The van der Waals surface area contributed by atoms with E-state index in [0.717, 1.165) is 67.6 Å². The zero-order valence-electron chi connectivity index (χ0n) is 31.8. The van der Waals surface area contributed by atoms with E-state index in [4.69, 9.17) is 19.4 Å². The summed E-state index contributed by atoms with van der Waals surface area (Å²) in [6, 6.07) is 60.3. The third-order valence-electron chi connectivity index (χ3n) is 12.6. The highest BCUT2D eigenvalue weighted by atomic mass is 16.5. The minimum atomic E-state index is -0.529. The summed E-state index contributed by atoms with van der Waals surface area (Å²) in [6.07, 6.45) is 8.53. The van der Waals surface area contributed by atoms with Crippen LogP contribution in [-0.4, -0.2) is 16.1 Å². The Bertz CT molecular complexity index is 3010. The molecule has 12 rings (SSSR count). The molecule has 4 aliphatic rings. The van der Waals surface area contributed by atoms with Crippen molar-refractivity contribution >= 4 is 0 Å². The van der Waals surface area contributed by atoms with Gasteiger partial charge >= 0.3 is 0 Å². The number of nitrogens with zero attached hydrogens (tertiary/aromatic N) is 2. The lowest BCUT2D eigenvalue weighted by molar-refractivity contribution is 0.228. The number of fused-ring (bicyclic) bond motifs is 12. The van der Waals surface area contributed by atoms with E-state index < -0.39 is 5.41 Å². The number of hydrogen-bond acceptors (Lipinski definition) is 4. The van der Waals surface area contributed by atoms with Gasteiger partial charge in [-0.05, 0) is 65.1 Å². The summed E-state index contributed by atoms with van der Waals surface area (Å²) in [5.41, 5.74) is 14.5. The molecule has 0 fully saturated rings. The molecule has 4 nitrogen and oxygen atoms in total. The highest BCUT2D eigenvalue weighted by Gasteiger charge is 2.51. The Morgan fingerprint density at radius 1 is 0.466 bits per heavy atom. The highest BCUT2D eigenvalue weighted by Crippen LogP contribution is 2.63. The molecule has 2 atom stereocenters. The fourth-order valence-corrected chi connectivity index (χ4v) is 9.89. The van der Waals surface area contributed by atoms with Gasteiger partial charge in [-0.3, -0.25) is 0 Å². The summed E-state index contributed by atoms with van der Waals surface area (Å²) in [4.78, 5) is 10.4. The van der Waals surface area contributed by atoms with Crippen LogP contribution in [0.3, 0.4) is 0 Å². The van der Waals surface area contributed by atoms with Gasteiger partial charge in [0.2, 0.25) is 0 Å². The first-order valence-corrected chi connectivity index (χ1v) is 19.9. The van der Waals surface area contributed by atoms with Crippen LogP contribution in [0.5, 0.6) is 17.2 Å². The highest BCUT2D eigenvalue weighted by molar-refractivity contribution is 5.90. The Hall–Kier alpha value is -7.30. The Morgan fingerprint density at radius 2 is 1.09 bits per heavy atom. The monoisotopic (exact) mass is 744 g/mol. The number of allylic oxidation sites excluding steroid dienone is 2. The number of aromatic nitrogens is 2. The molecule has 58 heavy (non-hydrogen) atoms. The molecular weight excluding hydrogens is 709 g/mol. The number of benzene rings is 7. The summed E-state index contributed by atoms with van der Waals surface area (Å²) in [7, 11) is 0. The average Bonchev–Trinajstić information content (AvgIpc) is 3.75. The number of ether oxygens (including phenoxy) is 2. The van der Waals surface area contributed by atoms with E-state index in [9.17, 15) is 0 Å². The molecule has 274 valence electrons. The molecule has 7 aromatic carbocycles. The van der Waals surface area contributed by atoms with Gasteiger partial charge in [-0.2, -0.15) is 0 Å². The van der Waals surface area contributed by atoms with Crippen LogP contribution in [0.25, 0.3) is 56.2 Å². The Kier molecular flexibility index (Phi) is 7.00. The van der Waals surface area contributed by atoms with Crippen LogP contribution in [0.1, 0.15) is 34.7 Å². The first-order chi connectivity index (χ1) is 28.6. The van der Waals surface area contributed by atoms with Crippen molar-refractivity contribution < 1.29 is 9.47 Å². The maximum atomic E-state index is 7.01. The fraction of sp³-hybridized carbons (Fsp3) is 0.0741. The lowest BCUT2D eigenvalue weighted by Gasteiger charge is -2.40. The van der Waals surface area contributed by atoms with Gasteiger partial charge in [0.05, 0.1) is 22.2 Å². The van der Waals surface area contributed by atoms with E-state index >= 15 is 0 Å². The second-order valence-corrected chi connectivity index (χ2v) is 15.8. The van der Waals surface area contributed by atoms with Gasteiger partial charge in [0.15, 0.2) is 5.82 Å². The summed E-state index contributed by atoms with van der Waals surface area (Å²) >= 11 is 0. The molecule has 2 aliphatic heterocycles. The van der Waals surface area contributed by atoms with Gasteiger partial charge in [-0.1, -0.05) is 164 Å². The largest absolute Gasteiger partial charge is 0.485 e. The second kappa shape index (κ2) is 12.3. The predicted octanol–water partition coefficient (Wildman–Crippen LogP) is 12.8. The summed E-state index contributed by atoms with van der Waals surface area (Å²) < 4.78 is 13.5. The molecule has 8 aromatic rings. The minimum absolute atomic E-state index is 0.0273. The van der Waals surface area contributed by atoms with Crippen molar-refractivity contribution in [3.63, 3.8) is 0 Å². The molecule has 1 aromatic heterocycles. The maximum Gasteiger partial charge on any atom is 0.160 e. The van der Waals surface area contributed by atoms with E-state index in [1.54, 1.807) is 0 Å². The fourth-order valence-electron chi connectivity index (χ4n) is 9.89. The van der Waals surface area contributed by atoms with Gasteiger partial charge in [0.25, 0.3) is 0 Å². The average molecular weight is 745 g/mol. The van der Waals surface area contributed by atoms with Gasteiger partial charge in [0, 0.05) is 38.9 Å². The quantitative estimate of drug-likeness (QED) is 0.180. The Balaban J connectivity index is 1.02. The zero-order chi connectivity index (χ0) is 38.4. The van der Waals surface area contributed by atoms with Gasteiger partial charge in [-0.25, -0.2) is 9.97 Å². The minimum Gasteiger partial charge on any atom is -0.485 e. The summed E-state index contributed by atoms with van der Waals surface area (Å²) in [6.45, 7) is 2.24. The third kappa shape index (κ3) is 4.63. The molecule has 2 unspecified atom stereocenters. The standard InChI is InChI=1S/C54H36N2O2/c1-53-30-12-11-27-50(53)57-49-32-37(28-29-43(49)53)47-33-46(55-52(56-47)34-15-3-2-4-16-34)36-18-13-17-35(31-36)38-21-14-25-45-51(38)58-48-26-10-9-24-44(48)54(45)41-22-7-5-19-39(41)40-20-6-8-23-42(40)54/h2-33,50H,1H3. The topological polar surface area (TPSA) is 44.2 Å². The lowest BCUT2D eigenvalue weighted by atomic mass is 9.65. The SMILES string of the molecule is CC12C=CC=CC1Oc1cc(-c3cc(-c4cccc(-c5cccc6c5Oc5ccccc5C65c6ccccc6-c6ccccc65)c4)nc(-c4ccccc4)n3)ccc12. The summed E-state index contributed by atoms with van der Waals surface area (Å²) in [5.74, 6) is 3.31. The van der Waals surface area contributed by atoms with Crippen LogP contribution < -0.4 is 9.47 Å². The van der Waals surface area contributed by atoms with E-state index in [2.05, 4.69) is 183 Å². The van der Waals surface area contributed by atoms with Gasteiger partial charge < -0.3 is 9.47 Å². The smallest absolute Gasteiger partial charge is 0.160 e.